The monoisotopic (exact) mass is 430 g/mol. The zero-order valence-corrected chi connectivity index (χ0v) is 18.7. The van der Waals surface area contributed by atoms with Gasteiger partial charge in [0.15, 0.2) is 0 Å². The number of methoxy groups -OCH3 is 1. The van der Waals surface area contributed by atoms with Crippen molar-refractivity contribution in [1.82, 2.24) is 10.2 Å². The molecule has 3 rings (SSSR count). The zero-order valence-electron chi connectivity index (χ0n) is 17.9. The van der Waals surface area contributed by atoms with Gasteiger partial charge in [0.25, 0.3) is 0 Å². The fourth-order valence-corrected chi connectivity index (χ4v) is 4.12. The quantitative estimate of drug-likeness (QED) is 0.679. The van der Waals surface area contributed by atoms with Crippen LogP contribution in [0.3, 0.4) is 0 Å². The summed E-state index contributed by atoms with van der Waals surface area (Å²) in [6, 6.07) is 15.7. The lowest BCUT2D eigenvalue weighted by Gasteiger charge is -2.35. The normalized spacial score (nSPS) is 16.8. The van der Waals surface area contributed by atoms with E-state index in [-0.39, 0.29) is 23.8 Å². The van der Waals surface area contributed by atoms with E-state index in [2.05, 4.69) is 36.2 Å². The molecule has 6 heteroatoms. The molecule has 1 fully saturated rings. The molecule has 1 N–H and O–H groups in total. The number of carbonyl (C=O) groups is 1. The summed E-state index contributed by atoms with van der Waals surface area (Å²) in [6.45, 7) is 7.79. The van der Waals surface area contributed by atoms with Crippen molar-refractivity contribution in [2.45, 2.75) is 25.8 Å². The molecule has 2 atom stereocenters. The van der Waals surface area contributed by atoms with Crippen LogP contribution in [-0.4, -0.2) is 50.8 Å². The van der Waals surface area contributed by atoms with E-state index >= 15 is 0 Å². The number of halogens is 1. The molecule has 0 radical (unpaired) electrons. The maximum absolute atomic E-state index is 13.2. The first-order valence-electron chi connectivity index (χ1n) is 10.5. The number of morpholine rings is 1. The molecule has 1 heterocycles. The molecule has 0 spiro atoms. The highest BCUT2D eigenvalue weighted by Gasteiger charge is 2.27. The lowest BCUT2D eigenvalue weighted by molar-refractivity contribution is -0.123. The van der Waals surface area contributed by atoms with Crippen molar-refractivity contribution >= 4 is 17.5 Å². The Kier molecular flexibility index (Phi) is 8.14. The first kappa shape index (κ1) is 22.6. The molecule has 162 valence electrons. The Hall–Kier alpha value is -2.08. The molecule has 1 saturated heterocycles. The number of amides is 1. The van der Waals surface area contributed by atoms with Crippen LogP contribution in [0, 0.1) is 5.92 Å². The van der Waals surface area contributed by atoms with Crippen LogP contribution in [0.5, 0.6) is 5.75 Å². The Bertz CT molecular complexity index is 802. The van der Waals surface area contributed by atoms with Crippen LogP contribution in [-0.2, 0) is 9.53 Å². The van der Waals surface area contributed by atoms with Gasteiger partial charge in [-0.2, -0.15) is 0 Å². The first-order chi connectivity index (χ1) is 14.5. The first-order valence-corrected chi connectivity index (χ1v) is 10.9. The molecule has 0 aliphatic carbocycles. The highest BCUT2D eigenvalue weighted by molar-refractivity contribution is 6.30. The molecule has 0 unspecified atom stereocenters. The average Bonchev–Trinajstić information content (AvgIpc) is 2.76. The summed E-state index contributed by atoms with van der Waals surface area (Å²) in [5.74, 6) is 0.822. The molecule has 2 aromatic carbocycles. The molecule has 5 nitrogen and oxygen atoms in total. The third-order valence-electron chi connectivity index (χ3n) is 5.63. The van der Waals surface area contributed by atoms with E-state index in [1.54, 1.807) is 7.11 Å². The smallest absolute Gasteiger partial charge is 0.227 e. The molecular weight excluding hydrogens is 400 g/mol. The molecule has 1 aliphatic rings. The highest BCUT2D eigenvalue weighted by atomic mass is 35.5. The predicted molar refractivity (Wildman–Crippen MR) is 120 cm³/mol. The minimum absolute atomic E-state index is 0.0408. The summed E-state index contributed by atoms with van der Waals surface area (Å²) in [7, 11) is 1.66. The van der Waals surface area contributed by atoms with Crippen molar-refractivity contribution in [3.05, 3.63) is 64.7 Å². The van der Waals surface area contributed by atoms with Crippen LogP contribution in [0.15, 0.2) is 48.5 Å². The van der Waals surface area contributed by atoms with Crippen LogP contribution in [0.2, 0.25) is 5.02 Å². The van der Waals surface area contributed by atoms with Crippen molar-refractivity contribution in [3.8, 4) is 5.75 Å². The van der Waals surface area contributed by atoms with Gasteiger partial charge in [-0.05, 0) is 41.3 Å². The van der Waals surface area contributed by atoms with Crippen molar-refractivity contribution in [2.75, 3.05) is 40.0 Å². The van der Waals surface area contributed by atoms with E-state index in [0.29, 0.717) is 24.8 Å². The maximum Gasteiger partial charge on any atom is 0.227 e. The minimum atomic E-state index is -0.219. The van der Waals surface area contributed by atoms with Crippen molar-refractivity contribution in [3.63, 3.8) is 0 Å². The van der Waals surface area contributed by atoms with Gasteiger partial charge in [0.2, 0.25) is 5.91 Å². The van der Waals surface area contributed by atoms with Crippen molar-refractivity contribution in [1.29, 1.82) is 0 Å². The van der Waals surface area contributed by atoms with E-state index in [1.165, 1.54) is 0 Å². The summed E-state index contributed by atoms with van der Waals surface area (Å²) >= 11 is 6.03. The summed E-state index contributed by atoms with van der Waals surface area (Å²) in [5, 5.41) is 3.89. The SMILES string of the molecule is COc1ccc([C@@H](CNC(=O)[C@H](c2ccc(Cl)cc2)C(C)C)N2CCOCC2)cc1. The average molecular weight is 431 g/mol. The summed E-state index contributed by atoms with van der Waals surface area (Å²) in [6.07, 6.45) is 0. The fraction of sp³-hybridized carbons (Fsp3) is 0.458. The molecule has 1 aliphatic heterocycles. The molecule has 0 bridgehead atoms. The van der Waals surface area contributed by atoms with Gasteiger partial charge in [-0.15, -0.1) is 0 Å². The second kappa shape index (κ2) is 10.8. The van der Waals surface area contributed by atoms with E-state index in [0.717, 1.165) is 30.0 Å². The van der Waals surface area contributed by atoms with Gasteiger partial charge >= 0.3 is 0 Å². The van der Waals surface area contributed by atoms with E-state index in [9.17, 15) is 4.79 Å². The van der Waals surface area contributed by atoms with Gasteiger partial charge in [-0.3, -0.25) is 9.69 Å². The molecule has 30 heavy (non-hydrogen) atoms. The Morgan fingerprint density at radius 3 is 2.23 bits per heavy atom. The number of ether oxygens (including phenoxy) is 2. The van der Waals surface area contributed by atoms with Crippen LogP contribution in [0.4, 0.5) is 0 Å². The molecule has 0 saturated carbocycles. The number of hydrogen-bond donors (Lipinski definition) is 1. The van der Waals surface area contributed by atoms with Crippen molar-refractivity contribution in [2.24, 2.45) is 5.92 Å². The second-order valence-corrected chi connectivity index (χ2v) is 8.39. The number of rotatable bonds is 8. The van der Waals surface area contributed by atoms with Crippen LogP contribution in [0.1, 0.15) is 36.9 Å². The van der Waals surface area contributed by atoms with Gasteiger partial charge in [-0.25, -0.2) is 0 Å². The van der Waals surface area contributed by atoms with Gasteiger partial charge in [0, 0.05) is 24.7 Å². The van der Waals surface area contributed by atoms with E-state index < -0.39 is 0 Å². The number of hydrogen-bond acceptors (Lipinski definition) is 4. The predicted octanol–water partition coefficient (Wildman–Crippen LogP) is 4.28. The Morgan fingerprint density at radius 2 is 1.67 bits per heavy atom. The number of benzene rings is 2. The largest absolute Gasteiger partial charge is 0.497 e. The number of nitrogens with one attached hydrogen (secondary N) is 1. The van der Waals surface area contributed by atoms with Crippen LogP contribution >= 0.6 is 11.6 Å². The molecule has 2 aromatic rings. The number of nitrogens with zero attached hydrogens (tertiary/aromatic N) is 1. The van der Waals surface area contributed by atoms with Gasteiger partial charge < -0.3 is 14.8 Å². The second-order valence-electron chi connectivity index (χ2n) is 7.96. The van der Waals surface area contributed by atoms with Gasteiger partial charge in [-0.1, -0.05) is 49.7 Å². The Morgan fingerprint density at radius 1 is 1.07 bits per heavy atom. The Labute approximate surface area is 184 Å². The standard InChI is InChI=1S/C24H31ClN2O3/c1-17(2)23(19-4-8-20(25)9-5-19)24(28)26-16-22(27-12-14-30-15-13-27)18-6-10-21(29-3)11-7-18/h4-11,17,22-23H,12-16H2,1-3H3,(H,26,28)/t22-,23+/m1/s1. The summed E-state index contributed by atoms with van der Waals surface area (Å²) < 4.78 is 10.8. The highest BCUT2D eigenvalue weighted by Crippen LogP contribution is 2.27. The molecule has 0 aromatic heterocycles. The van der Waals surface area contributed by atoms with Crippen molar-refractivity contribution < 1.29 is 14.3 Å². The van der Waals surface area contributed by atoms with E-state index in [1.807, 2.05) is 36.4 Å². The zero-order chi connectivity index (χ0) is 21.5. The van der Waals surface area contributed by atoms with Crippen LogP contribution < -0.4 is 10.1 Å². The third-order valence-corrected chi connectivity index (χ3v) is 5.89. The topological polar surface area (TPSA) is 50.8 Å². The number of carbonyl (C=O) groups excluding carboxylic acids is 1. The van der Waals surface area contributed by atoms with Gasteiger partial charge in [0.05, 0.1) is 32.3 Å². The lowest BCUT2D eigenvalue weighted by Crippen LogP contribution is -2.44. The molecule has 1 amide bonds. The van der Waals surface area contributed by atoms with E-state index in [4.69, 9.17) is 21.1 Å². The summed E-state index contributed by atoms with van der Waals surface area (Å²) in [5.41, 5.74) is 2.14. The maximum atomic E-state index is 13.2. The third kappa shape index (κ3) is 5.75. The van der Waals surface area contributed by atoms with Gasteiger partial charge in [0.1, 0.15) is 5.75 Å². The minimum Gasteiger partial charge on any atom is -0.497 e. The molecular formula is C24H31ClN2O3. The lowest BCUT2D eigenvalue weighted by atomic mass is 9.87. The fourth-order valence-electron chi connectivity index (χ4n) is 3.99. The van der Waals surface area contributed by atoms with Crippen LogP contribution in [0.25, 0.3) is 0 Å². The Balaban J connectivity index is 1.75. The summed E-state index contributed by atoms with van der Waals surface area (Å²) in [4.78, 5) is 15.6.